The molecule has 7 heteroatoms. The average Bonchev–Trinajstić information content (AvgIpc) is 2.97. The van der Waals surface area contributed by atoms with Gasteiger partial charge >= 0.3 is 5.97 Å². The number of aromatic carboxylic acids is 1. The van der Waals surface area contributed by atoms with E-state index >= 15 is 0 Å². The highest BCUT2D eigenvalue weighted by Gasteiger charge is 2.16. The van der Waals surface area contributed by atoms with Gasteiger partial charge in [-0.1, -0.05) is 12.1 Å². The van der Waals surface area contributed by atoms with E-state index in [2.05, 4.69) is 0 Å². The number of hydrogen-bond acceptors (Lipinski definition) is 5. The van der Waals surface area contributed by atoms with E-state index in [4.69, 9.17) is 9.84 Å². The molecule has 0 unspecified atom stereocenters. The van der Waals surface area contributed by atoms with Gasteiger partial charge in [-0.05, 0) is 29.6 Å². The van der Waals surface area contributed by atoms with Crippen LogP contribution in [0.15, 0.2) is 46.7 Å². The molecule has 5 nitrogen and oxygen atoms in total. The van der Waals surface area contributed by atoms with Crippen molar-refractivity contribution >= 4 is 27.1 Å². The van der Waals surface area contributed by atoms with Crippen molar-refractivity contribution in [3.8, 4) is 0 Å². The van der Waals surface area contributed by atoms with Gasteiger partial charge in [0.25, 0.3) is 0 Å². The lowest BCUT2D eigenvalue weighted by atomic mass is 10.2. The molecule has 0 radical (unpaired) electrons. The zero-order valence-electron chi connectivity index (χ0n) is 11.1. The Morgan fingerprint density at radius 3 is 2.71 bits per heavy atom. The topological polar surface area (TPSA) is 80.7 Å². The van der Waals surface area contributed by atoms with Crippen molar-refractivity contribution in [3.05, 3.63) is 52.2 Å². The van der Waals surface area contributed by atoms with Crippen molar-refractivity contribution in [2.24, 2.45) is 0 Å². The standard InChI is InChI=1S/C14H14O5S2/c15-14(16)11-3-1-5-13(9-11)21(17,18)8-6-19-10-12-4-2-7-20-12/h1-5,7,9H,6,8,10H2,(H,15,16). The third-order valence-corrected chi connectivity index (χ3v) is 5.29. The van der Waals surface area contributed by atoms with Gasteiger partial charge in [0, 0.05) is 4.88 Å². The monoisotopic (exact) mass is 326 g/mol. The van der Waals surface area contributed by atoms with E-state index < -0.39 is 15.8 Å². The van der Waals surface area contributed by atoms with Crippen molar-refractivity contribution in [3.63, 3.8) is 0 Å². The summed E-state index contributed by atoms with van der Waals surface area (Å²) in [7, 11) is -3.54. The first kappa shape index (κ1) is 15.7. The molecule has 0 aliphatic heterocycles. The normalized spacial score (nSPS) is 11.4. The number of carboxylic acid groups (broad SMARTS) is 1. The van der Waals surface area contributed by atoms with Gasteiger partial charge in [-0.3, -0.25) is 0 Å². The molecule has 2 aromatic rings. The smallest absolute Gasteiger partial charge is 0.335 e. The maximum absolute atomic E-state index is 12.1. The van der Waals surface area contributed by atoms with E-state index in [1.54, 1.807) is 11.3 Å². The minimum absolute atomic E-state index is 0.00197. The molecule has 0 amide bonds. The number of carbonyl (C=O) groups is 1. The zero-order valence-corrected chi connectivity index (χ0v) is 12.7. The first-order valence-corrected chi connectivity index (χ1v) is 8.68. The molecule has 21 heavy (non-hydrogen) atoms. The van der Waals surface area contributed by atoms with Crippen LogP contribution in [0.25, 0.3) is 0 Å². The first-order valence-electron chi connectivity index (χ1n) is 6.15. The summed E-state index contributed by atoms with van der Waals surface area (Å²) in [6.07, 6.45) is 0. The molecule has 0 saturated carbocycles. The Kier molecular flexibility index (Phi) is 5.11. The second-order valence-corrected chi connectivity index (χ2v) is 7.43. The fourth-order valence-corrected chi connectivity index (χ4v) is 3.48. The Morgan fingerprint density at radius 1 is 1.24 bits per heavy atom. The van der Waals surface area contributed by atoms with Crippen molar-refractivity contribution in [2.75, 3.05) is 12.4 Å². The number of hydrogen-bond donors (Lipinski definition) is 1. The highest BCUT2D eigenvalue weighted by Crippen LogP contribution is 2.14. The van der Waals surface area contributed by atoms with Crippen LogP contribution >= 0.6 is 11.3 Å². The van der Waals surface area contributed by atoms with Crippen molar-refractivity contribution in [2.45, 2.75) is 11.5 Å². The van der Waals surface area contributed by atoms with Crippen LogP contribution in [0.2, 0.25) is 0 Å². The fraction of sp³-hybridized carbons (Fsp3) is 0.214. The number of carboxylic acids is 1. The van der Waals surface area contributed by atoms with Gasteiger partial charge in [0.1, 0.15) is 0 Å². The largest absolute Gasteiger partial charge is 0.478 e. The zero-order chi connectivity index (χ0) is 15.3. The third kappa shape index (κ3) is 4.38. The van der Waals surface area contributed by atoms with Gasteiger partial charge in [-0.15, -0.1) is 11.3 Å². The van der Waals surface area contributed by atoms with Crippen LogP contribution in [0.5, 0.6) is 0 Å². The SMILES string of the molecule is O=C(O)c1cccc(S(=O)(=O)CCOCc2cccs2)c1. The number of ether oxygens (including phenoxy) is 1. The quantitative estimate of drug-likeness (QED) is 0.790. The number of thiophene rings is 1. The minimum atomic E-state index is -3.54. The predicted molar refractivity (Wildman–Crippen MR) is 79.4 cm³/mol. The minimum Gasteiger partial charge on any atom is -0.478 e. The Labute approximate surface area is 126 Å². The molecule has 112 valence electrons. The summed E-state index contributed by atoms with van der Waals surface area (Å²) >= 11 is 1.54. The highest BCUT2D eigenvalue weighted by molar-refractivity contribution is 7.91. The summed E-state index contributed by atoms with van der Waals surface area (Å²) in [6.45, 7) is 0.444. The molecule has 1 aromatic heterocycles. The van der Waals surface area contributed by atoms with Crippen LogP contribution in [-0.4, -0.2) is 31.9 Å². The highest BCUT2D eigenvalue weighted by atomic mass is 32.2. The summed E-state index contributed by atoms with van der Waals surface area (Å²) in [5.41, 5.74) is -0.0458. The summed E-state index contributed by atoms with van der Waals surface area (Å²) in [6, 6.07) is 9.14. The molecular formula is C14H14O5S2. The lowest BCUT2D eigenvalue weighted by molar-refractivity contribution is 0.0696. The van der Waals surface area contributed by atoms with Crippen molar-refractivity contribution in [1.82, 2.24) is 0 Å². The molecule has 0 atom stereocenters. The Bertz CT molecular complexity index is 705. The van der Waals surface area contributed by atoms with Crippen LogP contribution in [0.1, 0.15) is 15.2 Å². The molecule has 0 aliphatic rings. The summed E-state index contributed by atoms with van der Waals surface area (Å²) in [4.78, 5) is 11.9. The predicted octanol–water partition coefficient (Wildman–Crippen LogP) is 2.44. The number of benzene rings is 1. The van der Waals surface area contributed by atoms with Crippen LogP contribution in [-0.2, 0) is 21.2 Å². The second kappa shape index (κ2) is 6.84. The molecule has 0 bridgehead atoms. The van der Waals surface area contributed by atoms with Crippen LogP contribution in [0, 0.1) is 0 Å². The number of rotatable bonds is 7. The van der Waals surface area contributed by atoms with Crippen LogP contribution in [0.4, 0.5) is 0 Å². The van der Waals surface area contributed by atoms with Gasteiger partial charge in [0.15, 0.2) is 9.84 Å². The summed E-state index contributed by atoms with van der Waals surface area (Å²) in [5, 5.41) is 10.8. The molecule has 2 rings (SSSR count). The maximum atomic E-state index is 12.1. The average molecular weight is 326 g/mol. The van der Waals surface area contributed by atoms with E-state index in [1.807, 2.05) is 17.5 Å². The Hall–Kier alpha value is -1.70. The molecule has 1 heterocycles. The van der Waals surface area contributed by atoms with E-state index in [0.717, 1.165) is 10.9 Å². The molecule has 1 aromatic carbocycles. The fourth-order valence-electron chi connectivity index (χ4n) is 1.68. The lowest BCUT2D eigenvalue weighted by Gasteiger charge is -2.06. The van der Waals surface area contributed by atoms with Gasteiger partial charge in [-0.2, -0.15) is 0 Å². The van der Waals surface area contributed by atoms with E-state index in [-0.39, 0.29) is 22.8 Å². The molecule has 0 aliphatic carbocycles. The summed E-state index contributed by atoms with van der Waals surface area (Å²) < 4.78 is 29.5. The van der Waals surface area contributed by atoms with Gasteiger partial charge < -0.3 is 9.84 Å². The molecule has 0 fully saturated rings. The Morgan fingerprint density at radius 2 is 2.05 bits per heavy atom. The van der Waals surface area contributed by atoms with E-state index in [1.165, 1.54) is 18.2 Å². The van der Waals surface area contributed by atoms with Crippen molar-refractivity contribution in [1.29, 1.82) is 0 Å². The molecule has 0 saturated heterocycles. The van der Waals surface area contributed by atoms with Gasteiger partial charge in [0.05, 0.1) is 29.4 Å². The second-order valence-electron chi connectivity index (χ2n) is 4.28. The van der Waals surface area contributed by atoms with E-state index in [9.17, 15) is 13.2 Å². The molecular weight excluding hydrogens is 312 g/mol. The maximum Gasteiger partial charge on any atom is 0.335 e. The first-order chi connectivity index (χ1) is 9.99. The Balaban J connectivity index is 1.95. The lowest BCUT2D eigenvalue weighted by Crippen LogP contribution is -2.13. The van der Waals surface area contributed by atoms with Crippen LogP contribution in [0.3, 0.4) is 0 Å². The van der Waals surface area contributed by atoms with Gasteiger partial charge in [-0.25, -0.2) is 13.2 Å². The summed E-state index contributed by atoms with van der Waals surface area (Å²) in [5.74, 6) is -1.33. The van der Waals surface area contributed by atoms with Crippen LogP contribution < -0.4 is 0 Å². The van der Waals surface area contributed by atoms with E-state index in [0.29, 0.717) is 6.61 Å². The number of sulfone groups is 1. The molecule has 0 spiro atoms. The third-order valence-electron chi connectivity index (χ3n) is 2.76. The molecule has 1 N–H and O–H groups in total. The van der Waals surface area contributed by atoms with Gasteiger partial charge in [0.2, 0.25) is 0 Å². The van der Waals surface area contributed by atoms with Crippen molar-refractivity contribution < 1.29 is 23.1 Å².